The number of aromatic hydroxyl groups is 1. The summed E-state index contributed by atoms with van der Waals surface area (Å²) < 4.78 is 0. The van der Waals surface area contributed by atoms with E-state index in [-0.39, 0.29) is 29.3 Å². The number of hydrogen-bond acceptors (Lipinski definition) is 8. The van der Waals surface area contributed by atoms with Crippen molar-refractivity contribution >= 4 is 51.2 Å². The highest BCUT2D eigenvalue weighted by Gasteiger charge is 2.51. The van der Waals surface area contributed by atoms with Gasteiger partial charge in [0.25, 0.3) is 5.91 Å². The quantitative estimate of drug-likeness (QED) is 0.438. The zero-order valence-electron chi connectivity index (χ0n) is 26.2. The van der Waals surface area contributed by atoms with E-state index in [2.05, 4.69) is 32.0 Å². The molecule has 9 nitrogen and oxygen atoms in total. The number of hydrogen-bond donors (Lipinski definition) is 2. The van der Waals surface area contributed by atoms with Crippen LogP contribution in [0.5, 0.6) is 5.75 Å². The molecule has 1 amide bonds. The topological polar surface area (TPSA) is 78.4 Å². The van der Waals surface area contributed by atoms with Crippen molar-refractivity contribution in [2.75, 3.05) is 66.4 Å². The first-order valence-corrected chi connectivity index (χ1v) is 17.2. The van der Waals surface area contributed by atoms with Crippen LogP contribution in [0, 0.1) is 0 Å². The van der Waals surface area contributed by atoms with Crippen LogP contribution in [-0.4, -0.2) is 91.4 Å². The van der Waals surface area contributed by atoms with Gasteiger partial charge in [-0.3, -0.25) is 9.69 Å². The highest BCUT2D eigenvalue weighted by atomic mass is 35.5. The maximum Gasteiger partial charge on any atom is 0.251 e. The zero-order valence-corrected chi connectivity index (χ0v) is 27.0. The first kappa shape index (κ1) is 28.0. The molecule has 10 heteroatoms. The van der Waals surface area contributed by atoms with Gasteiger partial charge < -0.3 is 30.0 Å². The smallest absolute Gasteiger partial charge is 0.251 e. The van der Waals surface area contributed by atoms with Crippen molar-refractivity contribution in [3.8, 4) is 5.75 Å². The van der Waals surface area contributed by atoms with Crippen LogP contribution >= 0.6 is 11.6 Å². The highest BCUT2D eigenvalue weighted by Crippen LogP contribution is 2.50. The summed E-state index contributed by atoms with van der Waals surface area (Å²) >= 11 is 6.77. The molecule has 3 unspecified atom stereocenters. The number of aromatic nitrogens is 1. The number of nitrogens with zero attached hydrogens (tertiary/aromatic N) is 6. The lowest BCUT2D eigenvalue weighted by atomic mass is 9.91. The van der Waals surface area contributed by atoms with Crippen molar-refractivity contribution in [3.63, 3.8) is 0 Å². The maximum atomic E-state index is 14.1. The Bertz CT molecular complexity index is 1720. The lowest BCUT2D eigenvalue weighted by Gasteiger charge is -2.50. The van der Waals surface area contributed by atoms with Gasteiger partial charge in [0.05, 0.1) is 28.6 Å². The van der Waals surface area contributed by atoms with Crippen molar-refractivity contribution in [3.05, 3.63) is 46.6 Å². The third-order valence-corrected chi connectivity index (χ3v) is 12.1. The molecule has 2 aromatic carbocycles. The van der Waals surface area contributed by atoms with E-state index in [1.165, 1.54) is 50.0 Å². The van der Waals surface area contributed by atoms with E-state index in [0.29, 0.717) is 17.6 Å². The molecular weight excluding hydrogens is 586 g/mol. The van der Waals surface area contributed by atoms with Crippen LogP contribution < -0.4 is 24.9 Å². The minimum absolute atomic E-state index is 0.177. The Morgan fingerprint density at radius 2 is 1.96 bits per heavy atom. The van der Waals surface area contributed by atoms with E-state index >= 15 is 0 Å². The SMILES string of the molecule is CN(CC12CCCN1CCC2)c1nc2c(c3c1N(C)C(=O)C1C4CCC(CN31)N4)CCN(c1cc(O)cc3cccc(Cl)c13)C2. The van der Waals surface area contributed by atoms with Crippen LogP contribution in [0.1, 0.15) is 49.8 Å². The number of phenols is 1. The average Bonchev–Trinajstić information content (AvgIpc) is 3.72. The molecule has 0 saturated carbocycles. The second-order valence-electron chi connectivity index (χ2n) is 14.3. The number of carbonyl (C=O) groups is 1. The van der Waals surface area contributed by atoms with E-state index in [0.717, 1.165) is 72.6 Å². The molecule has 7 heterocycles. The number of likely N-dealkylation sites (N-methyl/N-ethyl adjacent to an activating group) is 2. The fraction of sp³-hybridized carbons (Fsp3) is 0.543. The van der Waals surface area contributed by atoms with Gasteiger partial charge in [-0.1, -0.05) is 23.7 Å². The molecule has 236 valence electrons. The summed E-state index contributed by atoms with van der Waals surface area (Å²) in [6, 6.07) is 9.89. The van der Waals surface area contributed by atoms with Crippen LogP contribution in [0.25, 0.3) is 10.8 Å². The number of fused-ring (bicyclic) bond motifs is 10. The molecule has 0 spiro atoms. The maximum absolute atomic E-state index is 14.1. The van der Waals surface area contributed by atoms with E-state index in [1.54, 1.807) is 6.07 Å². The molecule has 2 N–H and O–H groups in total. The Labute approximate surface area is 269 Å². The van der Waals surface area contributed by atoms with Gasteiger partial charge in [-0.15, -0.1) is 0 Å². The Balaban J connectivity index is 1.19. The van der Waals surface area contributed by atoms with E-state index in [9.17, 15) is 9.90 Å². The Hall–Kier alpha value is -3.27. The molecule has 6 aliphatic heterocycles. The molecule has 9 rings (SSSR count). The van der Waals surface area contributed by atoms with Crippen molar-refractivity contribution in [2.24, 2.45) is 0 Å². The van der Waals surface area contributed by atoms with Gasteiger partial charge in [-0.25, -0.2) is 4.98 Å². The van der Waals surface area contributed by atoms with Gasteiger partial charge in [0, 0.05) is 68.4 Å². The van der Waals surface area contributed by atoms with Gasteiger partial charge in [0.1, 0.15) is 17.5 Å². The largest absolute Gasteiger partial charge is 0.508 e. The predicted molar refractivity (Wildman–Crippen MR) is 180 cm³/mol. The van der Waals surface area contributed by atoms with Crippen molar-refractivity contribution in [1.29, 1.82) is 0 Å². The van der Waals surface area contributed by atoms with Crippen LogP contribution in [0.3, 0.4) is 0 Å². The summed E-state index contributed by atoms with van der Waals surface area (Å²) in [4.78, 5) is 31.4. The van der Waals surface area contributed by atoms with E-state index in [4.69, 9.17) is 16.6 Å². The third-order valence-electron chi connectivity index (χ3n) is 11.8. The summed E-state index contributed by atoms with van der Waals surface area (Å²) in [6.45, 7) is 5.53. The molecule has 4 fully saturated rings. The zero-order chi connectivity index (χ0) is 30.6. The number of piperazine rings is 1. The molecule has 3 aromatic rings. The summed E-state index contributed by atoms with van der Waals surface area (Å²) in [7, 11) is 4.16. The number of rotatable bonds is 4. The second kappa shape index (κ2) is 10.1. The number of nitrogens with one attached hydrogen (secondary N) is 1. The lowest BCUT2D eigenvalue weighted by molar-refractivity contribution is -0.120. The second-order valence-corrected chi connectivity index (χ2v) is 14.8. The van der Waals surface area contributed by atoms with E-state index < -0.39 is 0 Å². The molecule has 1 aromatic heterocycles. The van der Waals surface area contributed by atoms with Crippen LogP contribution in [0.15, 0.2) is 30.3 Å². The molecule has 2 bridgehead atoms. The number of carbonyl (C=O) groups excluding carboxylic acids is 1. The Morgan fingerprint density at radius 3 is 2.78 bits per heavy atom. The molecule has 0 radical (unpaired) electrons. The fourth-order valence-corrected chi connectivity index (χ4v) is 10.2. The third kappa shape index (κ3) is 4.12. The number of halogens is 1. The summed E-state index contributed by atoms with van der Waals surface area (Å²) in [5, 5.41) is 17.0. The normalized spacial score (nSPS) is 26.7. The first-order valence-electron chi connectivity index (χ1n) is 16.8. The Morgan fingerprint density at radius 1 is 1.13 bits per heavy atom. The van der Waals surface area contributed by atoms with Gasteiger partial charge >= 0.3 is 0 Å². The Kier molecular flexibility index (Phi) is 6.29. The fourth-order valence-electron chi connectivity index (χ4n) is 9.87. The van der Waals surface area contributed by atoms with Gasteiger partial charge in [-0.05, 0) is 75.6 Å². The van der Waals surface area contributed by atoms with Gasteiger partial charge in [0.15, 0.2) is 5.82 Å². The molecule has 45 heavy (non-hydrogen) atoms. The molecule has 4 saturated heterocycles. The van der Waals surface area contributed by atoms with Crippen LogP contribution in [0.4, 0.5) is 22.9 Å². The summed E-state index contributed by atoms with van der Waals surface area (Å²) in [5.41, 5.74) is 5.66. The molecular formula is C35H42ClN7O2. The lowest BCUT2D eigenvalue weighted by Crippen LogP contribution is -2.66. The van der Waals surface area contributed by atoms with Crippen LogP contribution in [0.2, 0.25) is 5.02 Å². The standard InChI is InChI=1S/C35H42ClN7O2/c1-39(20-35-11-4-13-42(35)14-5-12-35)33-32-30(43-18-22-8-9-26(37-22)31(43)34(45)40(32)2)24-10-15-41(19-27(24)38-33)28-17-23(44)16-21-6-3-7-25(36)29(21)28/h3,6-7,16-17,22,26,31,37,44H,4-5,8-15,18-20H2,1-2H3. The van der Waals surface area contributed by atoms with Crippen LogP contribution in [-0.2, 0) is 17.8 Å². The van der Waals surface area contributed by atoms with Gasteiger partial charge in [0.2, 0.25) is 0 Å². The molecule has 6 aliphatic rings. The number of benzene rings is 2. The monoisotopic (exact) mass is 627 g/mol. The minimum Gasteiger partial charge on any atom is -0.508 e. The summed E-state index contributed by atoms with van der Waals surface area (Å²) in [5.74, 6) is 1.33. The molecule has 0 aliphatic carbocycles. The van der Waals surface area contributed by atoms with Crippen molar-refractivity contribution in [2.45, 2.75) is 75.2 Å². The molecule has 3 atom stereocenters. The van der Waals surface area contributed by atoms with Crippen molar-refractivity contribution in [1.82, 2.24) is 15.2 Å². The number of pyridine rings is 1. The summed E-state index contributed by atoms with van der Waals surface area (Å²) in [6.07, 6.45) is 7.91. The highest BCUT2D eigenvalue weighted by molar-refractivity contribution is 6.36. The first-order chi connectivity index (χ1) is 21.8. The number of phenolic OH excluding ortho intramolecular Hbond substituents is 1. The van der Waals surface area contributed by atoms with E-state index in [1.807, 2.05) is 36.2 Å². The van der Waals surface area contributed by atoms with Crippen molar-refractivity contribution < 1.29 is 9.90 Å². The average molecular weight is 628 g/mol. The predicted octanol–water partition coefficient (Wildman–Crippen LogP) is 4.51. The minimum atomic E-state index is -0.184. The number of amides is 1. The number of anilines is 4. The van der Waals surface area contributed by atoms with Gasteiger partial charge in [-0.2, -0.15) is 0 Å².